The lowest BCUT2D eigenvalue weighted by molar-refractivity contribution is -0.121. The largest absolute Gasteiger partial charge is 0.465 e. The Labute approximate surface area is 135 Å². The zero-order valence-corrected chi connectivity index (χ0v) is 12.8. The summed E-state index contributed by atoms with van der Waals surface area (Å²) in [5.74, 6) is -0.415. The maximum absolute atomic E-state index is 11.2. The average molecular weight is 313 g/mol. The molecule has 23 heavy (non-hydrogen) atoms. The Morgan fingerprint density at radius 3 is 2.43 bits per heavy atom. The van der Waals surface area contributed by atoms with E-state index < -0.39 is 6.09 Å². The summed E-state index contributed by atoms with van der Waals surface area (Å²) in [5.41, 5.74) is 1.24. The molecule has 1 heterocycles. The molecule has 1 atom stereocenters. The number of rotatable bonds is 4. The zero-order chi connectivity index (χ0) is 17.1. The van der Waals surface area contributed by atoms with Crippen molar-refractivity contribution in [3.05, 3.63) is 35.9 Å². The third kappa shape index (κ3) is 6.62. The van der Waals surface area contributed by atoms with E-state index in [0.29, 0.717) is 19.4 Å². The first-order chi connectivity index (χ1) is 11.1. The second-order valence-electron chi connectivity index (χ2n) is 5.16. The minimum atomic E-state index is -0.993. The van der Waals surface area contributed by atoms with Crippen LogP contribution < -0.4 is 0 Å². The van der Waals surface area contributed by atoms with Gasteiger partial charge in [-0.2, -0.15) is 10.5 Å². The predicted molar refractivity (Wildman–Crippen MR) is 83.3 cm³/mol. The van der Waals surface area contributed by atoms with E-state index >= 15 is 0 Å². The summed E-state index contributed by atoms with van der Waals surface area (Å²) < 4.78 is 0. The van der Waals surface area contributed by atoms with Crippen molar-refractivity contribution in [2.45, 2.75) is 25.7 Å². The highest BCUT2D eigenvalue weighted by Crippen LogP contribution is 2.18. The van der Waals surface area contributed by atoms with Gasteiger partial charge in [-0.1, -0.05) is 30.3 Å². The van der Waals surface area contributed by atoms with Gasteiger partial charge in [0.1, 0.15) is 0 Å². The number of aryl methyl sites for hydroxylation is 1. The van der Waals surface area contributed by atoms with Crippen LogP contribution in [0, 0.1) is 28.6 Å². The fraction of sp³-hybridized carbons (Fsp3) is 0.412. The van der Waals surface area contributed by atoms with E-state index in [0.717, 1.165) is 6.42 Å². The summed E-state index contributed by atoms with van der Waals surface area (Å²) in [7, 11) is 0. The average Bonchev–Trinajstić information content (AvgIpc) is 3.05. The second-order valence-corrected chi connectivity index (χ2v) is 5.16. The molecule has 0 aliphatic carbocycles. The minimum absolute atomic E-state index is 0.113. The molecule has 0 radical (unpaired) electrons. The summed E-state index contributed by atoms with van der Waals surface area (Å²) in [5, 5.41) is 25.1. The number of nitriles is 2. The summed E-state index contributed by atoms with van der Waals surface area (Å²) in [6.45, 7) is 0.646. The fourth-order valence-corrected chi connectivity index (χ4v) is 2.26. The Kier molecular flexibility index (Phi) is 7.88. The molecule has 0 saturated carbocycles. The number of amides is 1. The topological polar surface area (TPSA) is 105 Å². The van der Waals surface area contributed by atoms with Crippen molar-refractivity contribution < 1.29 is 14.7 Å². The van der Waals surface area contributed by atoms with Crippen LogP contribution in [0.4, 0.5) is 4.79 Å². The van der Waals surface area contributed by atoms with Crippen LogP contribution in [0.1, 0.15) is 24.8 Å². The van der Waals surface area contributed by atoms with Crippen LogP contribution >= 0.6 is 0 Å². The van der Waals surface area contributed by atoms with Crippen molar-refractivity contribution >= 4 is 11.9 Å². The maximum atomic E-state index is 11.2. The van der Waals surface area contributed by atoms with E-state index in [2.05, 4.69) is 6.07 Å². The first-order valence-corrected chi connectivity index (χ1v) is 7.37. The van der Waals surface area contributed by atoms with Crippen LogP contribution in [-0.4, -0.2) is 35.0 Å². The molecular formula is C17H19N3O3. The van der Waals surface area contributed by atoms with Gasteiger partial charge < -0.3 is 10.0 Å². The van der Waals surface area contributed by atoms with Gasteiger partial charge in [0.15, 0.2) is 5.78 Å². The number of hydrogen-bond donors (Lipinski definition) is 1. The van der Waals surface area contributed by atoms with Gasteiger partial charge in [0, 0.05) is 25.4 Å². The van der Waals surface area contributed by atoms with Crippen LogP contribution in [-0.2, 0) is 11.2 Å². The van der Waals surface area contributed by atoms with E-state index in [-0.39, 0.29) is 24.7 Å². The summed E-state index contributed by atoms with van der Waals surface area (Å²) in [6.07, 6.45) is 0.930. The van der Waals surface area contributed by atoms with Gasteiger partial charge in [-0.3, -0.25) is 4.79 Å². The number of ketones is 1. The molecule has 1 N–H and O–H groups in total. The molecule has 6 nitrogen and oxygen atoms in total. The molecule has 120 valence electrons. The van der Waals surface area contributed by atoms with Crippen molar-refractivity contribution in [3.8, 4) is 12.1 Å². The number of hydrogen-bond acceptors (Lipinski definition) is 4. The number of likely N-dealkylation sites (tertiary alicyclic amines) is 1. The van der Waals surface area contributed by atoms with Crippen LogP contribution in [0.3, 0.4) is 0 Å². The quantitative estimate of drug-likeness (QED) is 0.919. The number of benzene rings is 1. The Morgan fingerprint density at radius 1 is 1.22 bits per heavy atom. The molecule has 0 spiro atoms. The standard InChI is InChI=1S/C9H9N.C8H10N2O3/c10-8-4-7-9-5-2-1-3-6-9;9-3-1-7(11)6-2-4-10(5-6)8(12)13/h1-3,5-6H,4,7H2;6H,1-2,4-5H2,(H,12,13). The molecule has 1 unspecified atom stereocenters. The van der Waals surface area contributed by atoms with Crippen molar-refractivity contribution in [1.82, 2.24) is 4.90 Å². The summed E-state index contributed by atoms with van der Waals surface area (Å²) >= 11 is 0. The zero-order valence-electron chi connectivity index (χ0n) is 12.8. The number of carboxylic acid groups (broad SMARTS) is 1. The van der Waals surface area contributed by atoms with Gasteiger partial charge in [0.25, 0.3) is 0 Å². The van der Waals surface area contributed by atoms with Gasteiger partial charge in [-0.05, 0) is 18.4 Å². The monoisotopic (exact) mass is 313 g/mol. The predicted octanol–water partition coefficient (Wildman–Crippen LogP) is 2.61. The number of nitrogens with zero attached hydrogens (tertiary/aromatic N) is 3. The first kappa shape index (κ1) is 18.2. The molecule has 0 aromatic heterocycles. The van der Waals surface area contributed by atoms with Gasteiger partial charge >= 0.3 is 6.09 Å². The van der Waals surface area contributed by atoms with Crippen LogP contribution in [0.15, 0.2) is 30.3 Å². The van der Waals surface area contributed by atoms with E-state index in [1.54, 1.807) is 6.07 Å². The van der Waals surface area contributed by atoms with Crippen molar-refractivity contribution in [2.75, 3.05) is 13.1 Å². The molecule has 1 amide bonds. The molecule has 1 aliphatic heterocycles. The normalized spacial score (nSPS) is 15.7. The van der Waals surface area contributed by atoms with Crippen LogP contribution in [0.25, 0.3) is 0 Å². The van der Waals surface area contributed by atoms with Crippen LogP contribution in [0.5, 0.6) is 0 Å². The Balaban J connectivity index is 0.000000238. The van der Waals surface area contributed by atoms with Crippen molar-refractivity contribution in [1.29, 1.82) is 10.5 Å². The fourth-order valence-electron chi connectivity index (χ4n) is 2.26. The highest BCUT2D eigenvalue weighted by atomic mass is 16.4. The lowest BCUT2D eigenvalue weighted by Gasteiger charge is -2.10. The third-order valence-corrected chi connectivity index (χ3v) is 3.54. The SMILES string of the molecule is N#CCC(=O)C1CCN(C(=O)O)C1.N#CCCc1ccccc1. The van der Waals surface area contributed by atoms with E-state index in [1.807, 2.05) is 30.3 Å². The molecule has 1 aromatic rings. The first-order valence-electron chi connectivity index (χ1n) is 7.37. The van der Waals surface area contributed by atoms with Gasteiger partial charge in [-0.15, -0.1) is 0 Å². The molecule has 1 aromatic carbocycles. The molecule has 1 fully saturated rings. The van der Waals surface area contributed by atoms with Gasteiger partial charge in [0.2, 0.25) is 0 Å². The molecule has 1 aliphatic rings. The summed E-state index contributed by atoms with van der Waals surface area (Å²) in [6, 6.07) is 13.9. The number of carbonyl (C=O) groups is 2. The van der Waals surface area contributed by atoms with Gasteiger partial charge in [0.05, 0.1) is 18.6 Å². The van der Waals surface area contributed by atoms with E-state index in [4.69, 9.17) is 15.6 Å². The molecule has 0 bridgehead atoms. The highest BCUT2D eigenvalue weighted by molar-refractivity contribution is 5.84. The van der Waals surface area contributed by atoms with Crippen molar-refractivity contribution in [2.24, 2.45) is 5.92 Å². The molecule has 1 saturated heterocycles. The third-order valence-electron chi connectivity index (χ3n) is 3.54. The Bertz CT molecular complexity index is 602. The van der Waals surface area contributed by atoms with Crippen LogP contribution in [0.2, 0.25) is 0 Å². The highest BCUT2D eigenvalue weighted by Gasteiger charge is 2.30. The summed E-state index contributed by atoms with van der Waals surface area (Å²) in [4.78, 5) is 22.9. The number of carbonyl (C=O) groups excluding carboxylic acids is 1. The molecule has 2 rings (SSSR count). The Hall–Kier alpha value is -2.86. The van der Waals surface area contributed by atoms with Crippen molar-refractivity contribution in [3.63, 3.8) is 0 Å². The minimum Gasteiger partial charge on any atom is -0.465 e. The number of Topliss-reactive ketones (excluding diaryl/α,β-unsaturated/α-hetero) is 1. The second kappa shape index (κ2) is 9.97. The lowest BCUT2D eigenvalue weighted by Crippen LogP contribution is -2.28. The smallest absolute Gasteiger partial charge is 0.407 e. The maximum Gasteiger partial charge on any atom is 0.407 e. The van der Waals surface area contributed by atoms with E-state index in [1.165, 1.54) is 10.5 Å². The molecular weight excluding hydrogens is 294 g/mol. The lowest BCUT2D eigenvalue weighted by atomic mass is 10.0. The Morgan fingerprint density at radius 2 is 1.91 bits per heavy atom. The molecule has 6 heteroatoms. The van der Waals surface area contributed by atoms with E-state index in [9.17, 15) is 9.59 Å². The van der Waals surface area contributed by atoms with Gasteiger partial charge in [-0.25, -0.2) is 4.79 Å².